The molecule has 0 radical (unpaired) electrons. The van der Waals surface area contributed by atoms with E-state index in [9.17, 15) is 4.39 Å². The molecule has 1 aromatic rings. The molecule has 1 aromatic carbocycles. The Balaban J connectivity index is 2.04. The van der Waals surface area contributed by atoms with E-state index in [1.807, 2.05) is 6.07 Å². The van der Waals surface area contributed by atoms with E-state index in [1.165, 1.54) is 6.07 Å². The van der Waals surface area contributed by atoms with Crippen LogP contribution in [0.15, 0.2) is 18.2 Å². The molecule has 0 spiro atoms. The Kier molecular flexibility index (Phi) is 4.60. The fraction of sp³-hybridized carbons (Fsp3) is 0.571. The van der Waals surface area contributed by atoms with Gasteiger partial charge in [0.15, 0.2) is 0 Å². The molecule has 0 amide bonds. The molecule has 2 rings (SSSR count). The molecule has 2 unspecified atom stereocenters. The van der Waals surface area contributed by atoms with E-state index in [1.54, 1.807) is 6.07 Å². The first-order valence-corrected chi connectivity index (χ1v) is 6.89. The lowest BCUT2D eigenvalue weighted by atomic mass is 10.1. The zero-order chi connectivity index (χ0) is 13.1. The molecule has 0 aliphatic carbocycles. The van der Waals surface area contributed by atoms with Gasteiger partial charge in [0, 0.05) is 31.7 Å². The smallest absolute Gasteiger partial charge is 0.141 e. The molecular formula is C14H20ClFN2. The molecule has 0 aromatic heterocycles. The van der Waals surface area contributed by atoms with E-state index in [2.05, 4.69) is 24.1 Å². The molecule has 1 N–H and O–H groups in total. The van der Waals surface area contributed by atoms with Crippen LogP contribution in [0, 0.1) is 5.82 Å². The van der Waals surface area contributed by atoms with Gasteiger partial charge in [-0.1, -0.05) is 24.6 Å². The van der Waals surface area contributed by atoms with Gasteiger partial charge in [0.2, 0.25) is 0 Å². The second-order valence-electron chi connectivity index (χ2n) is 5.04. The summed E-state index contributed by atoms with van der Waals surface area (Å²) in [5, 5.41) is 3.74. The normalized spacial score (nSPS) is 25.3. The van der Waals surface area contributed by atoms with Gasteiger partial charge in [0.25, 0.3) is 0 Å². The maximum absolute atomic E-state index is 13.1. The molecule has 18 heavy (non-hydrogen) atoms. The van der Waals surface area contributed by atoms with Crippen molar-refractivity contribution in [1.29, 1.82) is 0 Å². The van der Waals surface area contributed by atoms with Gasteiger partial charge in [-0.05, 0) is 31.0 Å². The first-order chi connectivity index (χ1) is 8.60. The highest BCUT2D eigenvalue weighted by atomic mass is 35.5. The monoisotopic (exact) mass is 270 g/mol. The van der Waals surface area contributed by atoms with Crippen LogP contribution in [0.5, 0.6) is 0 Å². The molecule has 1 aliphatic heterocycles. The zero-order valence-electron chi connectivity index (χ0n) is 10.9. The summed E-state index contributed by atoms with van der Waals surface area (Å²) in [5.74, 6) is -0.347. The Morgan fingerprint density at radius 3 is 2.94 bits per heavy atom. The van der Waals surface area contributed by atoms with Crippen molar-refractivity contribution in [1.82, 2.24) is 10.2 Å². The van der Waals surface area contributed by atoms with Gasteiger partial charge in [-0.3, -0.25) is 4.90 Å². The second-order valence-corrected chi connectivity index (χ2v) is 5.45. The van der Waals surface area contributed by atoms with Crippen LogP contribution < -0.4 is 5.32 Å². The van der Waals surface area contributed by atoms with Crippen LogP contribution in [0.4, 0.5) is 4.39 Å². The van der Waals surface area contributed by atoms with Crippen LogP contribution in [0.25, 0.3) is 0 Å². The summed E-state index contributed by atoms with van der Waals surface area (Å²) in [5.41, 5.74) is 1.07. The Morgan fingerprint density at radius 1 is 1.50 bits per heavy atom. The van der Waals surface area contributed by atoms with Gasteiger partial charge in [0.05, 0.1) is 5.02 Å². The Hall–Kier alpha value is -0.640. The van der Waals surface area contributed by atoms with Gasteiger partial charge in [-0.15, -0.1) is 0 Å². The van der Waals surface area contributed by atoms with Gasteiger partial charge in [-0.2, -0.15) is 0 Å². The largest absolute Gasteiger partial charge is 0.311 e. The molecule has 2 atom stereocenters. The number of rotatable bonds is 3. The summed E-state index contributed by atoms with van der Waals surface area (Å²) in [6, 6.07) is 6.04. The highest BCUT2D eigenvalue weighted by molar-refractivity contribution is 6.30. The quantitative estimate of drug-likeness (QED) is 0.908. The average molecular weight is 271 g/mol. The standard InChI is InChI=1S/C14H20ClFN2/c1-3-12-9-18(10(2)7-17-12)8-11-4-5-14(16)13(15)6-11/h4-6,10,12,17H,3,7-9H2,1-2H3. The topological polar surface area (TPSA) is 15.3 Å². The van der Waals surface area contributed by atoms with E-state index in [0.717, 1.165) is 31.6 Å². The summed E-state index contributed by atoms with van der Waals surface area (Å²) in [6.45, 7) is 7.28. The summed E-state index contributed by atoms with van der Waals surface area (Å²) in [7, 11) is 0. The summed E-state index contributed by atoms with van der Waals surface area (Å²) in [4.78, 5) is 2.42. The molecule has 100 valence electrons. The summed E-state index contributed by atoms with van der Waals surface area (Å²) < 4.78 is 13.1. The highest BCUT2D eigenvalue weighted by Crippen LogP contribution is 2.19. The molecule has 1 saturated heterocycles. The lowest BCUT2D eigenvalue weighted by molar-refractivity contribution is 0.131. The number of nitrogens with zero attached hydrogens (tertiary/aromatic N) is 1. The molecule has 1 fully saturated rings. The van der Waals surface area contributed by atoms with Crippen LogP contribution in [-0.2, 0) is 6.54 Å². The van der Waals surface area contributed by atoms with Crippen LogP contribution in [0.2, 0.25) is 5.02 Å². The first kappa shape index (κ1) is 13.8. The minimum absolute atomic E-state index is 0.210. The third-order valence-electron chi connectivity index (χ3n) is 3.64. The van der Waals surface area contributed by atoms with Crippen LogP contribution >= 0.6 is 11.6 Å². The molecule has 0 saturated carbocycles. The van der Waals surface area contributed by atoms with E-state index in [4.69, 9.17) is 11.6 Å². The van der Waals surface area contributed by atoms with Crippen molar-refractivity contribution in [2.45, 2.75) is 38.9 Å². The van der Waals surface area contributed by atoms with Crippen molar-refractivity contribution < 1.29 is 4.39 Å². The van der Waals surface area contributed by atoms with Gasteiger partial charge in [0.1, 0.15) is 5.82 Å². The molecule has 2 nitrogen and oxygen atoms in total. The lowest BCUT2D eigenvalue weighted by Gasteiger charge is -2.38. The SMILES string of the molecule is CCC1CN(Cc2ccc(F)c(Cl)c2)C(C)CN1. The van der Waals surface area contributed by atoms with Crippen LogP contribution in [0.3, 0.4) is 0 Å². The molecule has 1 aliphatic rings. The molecule has 1 heterocycles. The van der Waals surface area contributed by atoms with Crippen molar-refractivity contribution in [3.05, 3.63) is 34.6 Å². The van der Waals surface area contributed by atoms with E-state index >= 15 is 0 Å². The number of hydrogen-bond acceptors (Lipinski definition) is 2. The van der Waals surface area contributed by atoms with Gasteiger partial charge in [-0.25, -0.2) is 4.39 Å². The van der Waals surface area contributed by atoms with Crippen molar-refractivity contribution in [3.63, 3.8) is 0 Å². The van der Waals surface area contributed by atoms with Gasteiger partial charge < -0.3 is 5.32 Å². The highest BCUT2D eigenvalue weighted by Gasteiger charge is 2.23. The van der Waals surface area contributed by atoms with Gasteiger partial charge >= 0.3 is 0 Å². The number of hydrogen-bond donors (Lipinski definition) is 1. The van der Waals surface area contributed by atoms with E-state index in [-0.39, 0.29) is 10.8 Å². The average Bonchev–Trinajstić information content (AvgIpc) is 2.36. The fourth-order valence-electron chi connectivity index (χ4n) is 2.36. The van der Waals surface area contributed by atoms with Crippen LogP contribution in [-0.4, -0.2) is 30.1 Å². The summed E-state index contributed by atoms with van der Waals surface area (Å²) >= 11 is 5.82. The Morgan fingerprint density at radius 2 is 2.28 bits per heavy atom. The molecular weight excluding hydrogens is 251 g/mol. The second kappa shape index (κ2) is 6.00. The van der Waals surface area contributed by atoms with Crippen molar-refractivity contribution >= 4 is 11.6 Å². The third kappa shape index (κ3) is 3.22. The molecule has 0 bridgehead atoms. The first-order valence-electron chi connectivity index (χ1n) is 6.51. The minimum atomic E-state index is -0.347. The van der Waals surface area contributed by atoms with E-state index < -0.39 is 0 Å². The number of piperazine rings is 1. The van der Waals surface area contributed by atoms with Crippen LogP contribution in [0.1, 0.15) is 25.8 Å². The van der Waals surface area contributed by atoms with Crippen molar-refractivity contribution in [3.8, 4) is 0 Å². The molecule has 4 heteroatoms. The Bertz CT molecular complexity index is 411. The lowest BCUT2D eigenvalue weighted by Crippen LogP contribution is -2.54. The minimum Gasteiger partial charge on any atom is -0.311 e. The van der Waals surface area contributed by atoms with Crippen molar-refractivity contribution in [2.24, 2.45) is 0 Å². The summed E-state index contributed by atoms with van der Waals surface area (Å²) in [6.07, 6.45) is 1.13. The van der Waals surface area contributed by atoms with Crippen molar-refractivity contribution in [2.75, 3.05) is 13.1 Å². The van der Waals surface area contributed by atoms with E-state index in [0.29, 0.717) is 12.1 Å². The number of nitrogens with one attached hydrogen (secondary N) is 1. The maximum atomic E-state index is 13.1. The third-order valence-corrected chi connectivity index (χ3v) is 3.93. The predicted octanol–water partition coefficient (Wildman–Crippen LogP) is 3.05. The Labute approximate surface area is 113 Å². The zero-order valence-corrected chi connectivity index (χ0v) is 11.7. The maximum Gasteiger partial charge on any atom is 0.141 e. The number of benzene rings is 1. The fourth-order valence-corrected chi connectivity index (χ4v) is 2.56. The predicted molar refractivity (Wildman–Crippen MR) is 73.4 cm³/mol. The number of halogens is 2.